The second-order valence-electron chi connectivity index (χ2n) is 15.4. The first-order valence-corrected chi connectivity index (χ1v) is 22.6. The van der Waals surface area contributed by atoms with Crippen molar-refractivity contribution in [2.24, 2.45) is 0 Å². The maximum atomic E-state index is 10.2. The van der Waals surface area contributed by atoms with Gasteiger partial charge in [0.1, 0.15) is 18.8 Å². The normalized spacial score (nSPS) is 11.6. The second-order valence-corrected chi connectivity index (χ2v) is 16.3. The lowest BCUT2D eigenvalue weighted by atomic mass is 9.77. The Hall–Kier alpha value is -2.89. The molecule has 0 aliphatic heterocycles. The van der Waals surface area contributed by atoms with E-state index in [2.05, 4.69) is 68.3 Å². The van der Waals surface area contributed by atoms with Crippen LogP contribution in [-0.2, 0) is 26.2 Å². The molecule has 2 aromatic heterocycles. The summed E-state index contributed by atoms with van der Waals surface area (Å²) in [6.07, 6.45) is 27.2. The molecule has 2 heterocycles. The van der Waals surface area contributed by atoms with Gasteiger partial charge in [-0.15, -0.1) is 0 Å². The molecule has 5 rings (SSSR count). The summed E-state index contributed by atoms with van der Waals surface area (Å²) in [4.78, 5) is 0. The van der Waals surface area contributed by atoms with Crippen molar-refractivity contribution in [1.29, 1.82) is 0 Å². The van der Waals surface area contributed by atoms with Crippen LogP contribution >= 0.6 is 25.3 Å². The predicted molar refractivity (Wildman–Crippen MR) is 238 cm³/mol. The number of para-hydroxylation sites is 1. The third-order valence-corrected chi connectivity index (χ3v) is 11.8. The summed E-state index contributed by atoms with van der Waals surface area (Å²) in [6, 6.07) is 20.1. The number of rotatable bonds is 29. The zero-order valence-electron chi connectivity index (χ0n) is 33.5. The van der Waals surface area contributed by atoms with Crippen LogP contribution in [0.25, 0.3) is 22.1 Å². The molecule has 0 atom stereocenters. The number of fused-ring (bicyclic) bond motifs is 2. The van der Waals surface area contributed by atoms with Crippen molar-refractivity contribution in [2.75, 3.05) is 11.5 Å². The minimum absolute atomic E-state index is 0.523. The first-order valence-electron chi connectivity index (χ1n) is 21.3. The largest absolute Gasteiger partial charge is 0.569 e. The quantitative estimate of drug-likeness (QED) is 0.0148. The van der Waals surface area contributed by atoms with Crippen LogP contribution in [0.3, 0.4) is 0 Å². The van der Waals surface area contributed by atoms with E-state index in [1.54, 1.807) is 6.07 Å². The Labute approximate surface area is 347 Å². The molecule has 301 valence electrons. The molecule has 12 heteroatoms. The molecule has 0 saturated carbocycles. The van der Waals surface area contributed by atoms with Crippen LogP contribution in [0.4, 0.5) is 0 Å². The van der Waals surface area contributed by atoms with E-state index in [-0.39, 0.29) is 0 Å². The van der Waals surface area contributed by atoms with E-state index in [9.17, 15) is 15.1 Å². The Morgan fingerprint density at radius 3 is 1.46 bits per heavy atom. The molecule has 3 aromatic carbocycles. The van der Waals surface area contributed by atoms with Gasteiger partial charge >= 0.3 is 14.8 Å². The number of thiol groups is 2. The van der Waals surface area contributed by atoms with E-state index in [1.165, 1.54) is 114 Å². The zero-order chi connectivity index (χ0) is 39.4. The van der Waals surface area contributed by atoms with E-state index in [1.807, 2.05) is 42.5 Å². The van der Waals surface area contributed by atoms with Crippen LogP contribution in [-0.4, -0.2) is 50.5 Å². The molecule has 0 fully saturated rings. The molecular weight excluding hydrogens is 734 g/mol. The SMILES string of the molecule is O[B]Oc1ccccc1C[n+]1cn(CCCCCCCCCCCS)c2cc3c(cc21)[n+](Cc1ccccc1B(O)O)cn3CCCCCCCCCCCS. The van der Waals surface area contributed by atoms with Gasteiger partial charge in [0.25, 0.3) is 0 Å². The minimum atomic E-state index is -1.53. The number of aryl methyl sites for hydroxylation is 2. The van der Waals surface area contributed by atoms with Gasteiger partial charge in [0.05, 0.1) is 13.1 Å². The van der Waals surface area contributed by atoms with E-state index in [0.29, 0.717) is 24.3 Å². The lowest BCUT2D eigenvalue weighted by molar-refractivity contribution is -0.667. The summed E-state index contributed by atoms with van der Waals surface area (Å²) in [5.41, 5.74) is 7.00. The smallest absolute Gasteiger partial charge is 0.537 e. The van der Waals surface area contributed by atoms with Crippen molar-refractivity contribution < 1.29 is 28.9 Å². The summed E-state index contributed by atoms with van der Waals surface area (Å²) in [7, 11) is -0.787. The van der Waals surface area contributed by atoms with Gasteiger partial charge in [0.2, 0.25) is 12.7 Å². The van der Waals surface area contributed by atoms with E-state index in [0.717, 1.165) is 67.3 Å². The number of unbranched alkanes of at least 4 members (excludes halogenated alkanes) is 16. The van der Waals surface area contributed by atoms with Gasteiger partial charge in [-0.3, -0.25) is 0 Å². The third kappa shape index (κ3) is 13.3. The zero-order valence-corrected chi connectivity index (χ0v) is 35.3. The minimum Gasteiger partial charge on any atom is -0.537 e. The Balaban J connectivity index is 1.41. The predicted octanol–water partition coefficient (Wildman–Crippen LogP) is 7.73. The molecule has 56 heavy (non-hydrogen) atoms. The summed E-state index contributed by atoms with van der Waals surface area (Å²) in [6.45, 7) is 2.98. The summed E-state index contributed by atoms with van der Waals surface area (Å²) in [5, 5.41) is 29.9. The average molecular weight is 800 g/mol. The summed E-state index contributed by atoms with van der Waals surface area (Å²) < 4.78 is 14.9. The van der Waals surface area contributed by atoms with Crippen molar-refractivity contribution in [1.82, 2.24) is 9.13 Å². The maximum absolute atomic E-state index is 10.2. The Kier molecular flexibility index (Phi) is 19.6. The van der Waals surface area contributed by atoms with Crippen LogP contribution in [0.5, 0.6) is 5.75 Å². The first kappa shape index (κ1) is 44.2. The molecule has 8 nitrogen and oxygen atoms in total. The average Bonchev–Trinajstić information content (AvgIpc) is 3.72. The van der Waals surface area contributed by atoms with Gasteiger partial charge < -0.3 is 19.7 Å². The van der Waals surface area contributed by atoms with Gasteiger partial charge in [-0.25, -0.2) is 18.3 Å². The van der Waals surface area contributed by atoms with Crippen molar-refractivity contribution in [3.63, 3.8) is 0 Å². The summed E-state index contributed by atoms with van der Waals surface area (Å²) >= 11 is 8.68. The van der Waals surface area contributed by atoms with E-state index < -0.39 is 7.12 Å². The Morgan fingerprint density at radius 1 is 0.554 bits per heavy atom. The molecule has 1 radical (unpaired) electrons. The monoisotopic (exact) mass is 799 g/mol. The summed E-state index contributed by atoms with van der Waals surface area (Å²) in [5.74, 6) is 2.62. The fourth-order valence-electron chi connectivity index (χ4n) is 8.03. The first-order chi connectivity index (χ1) is 27.5. The van der Waals surface area contributed by atoms with Crippen LogP contribution in [0.15, 0.2) is 73.3 Å². The second kappa shape index (κ2) is 24.8. The Morgan fingerprint density at radius 2 is 0.982 bits per heavy atom. The molecule has 0 spiro atoms. The molecule has 0 saturated heterocycles. The molecule has 0 unspecified atom stereocenters. The van der Waals surface area contributed by atoms with Crippen molar-refractivity contribution in [2.45, 2.75) is 142 Å². The highest BCUT2D eigenvalue weighted by Crippen LogP contribution is 2.24. The standard InChI is InChI=1S/C44H63B2N4O4S2/c51-45-54-44-26-18-16-24-38(44)34-50-36-48(28-20-12-8-4-2-6-10-14-22-30-56)41-31-40-42(32-43(41)50)49(33-37-23-15-17-25-39(37)46(52)53)35-47(40)27-19-11-7-3-1-5-9-13-21-29-55/h15-18,23-26,31-32,35-36,51-53H,1-14,19-22,27-30,33-34H2/p+2. The van der Waals surface area contributed by atoms with Crippen LogP contribution in [0.2, 0.25) is 0 Å². The Bertz CT molecular complexity index is 1890. The van der Waals surface area contributed by atoms with Gasteiger partial charge in [-0.2, -0.15) is 25.3 Å². The highest BCUT2D eigenvalue weighted by Gasteiger charge is 2.26. The molecule has 0 amide bonds. The lowest BCUT2D eigenvalue weighted by Gasteiger charge is -2.08. The number of hydrogen-bond acceptors (Lipinski definition) is 6. The van der Waals surface area contributed by atoms with Crippen LogP contribution in [0, 0.1) is 0 Å². The van der Waals surface area contributed by atoms with Crippen molar-refractivity contribution in [3.8, 4) is 5.75 Å². The molecular formula is C44H65B2N4O4S2+2. The van der Waals surface area contributed by atoms with Crippen LogP contribution in [0.1, 0.15) is 127 Å². The fraction of sp³-hybridized carbons (Fsp3) is 0.545. The van der Waals surface area contributed by atoms with Gasteiger partial charge in [0, 0.05) is 17.7 Å². The van der Waals surface area contributed by atoms with E-state index in [4.69, 9.17) is 4.65 Å². The molecule has 0 bridgehead atoms. The van der Waals surface area contributed by atoms with Crippen molar-refractivity contribution in [3.05, 3.63) is 84.4 Å². The van der Waals surface area contributed by atoms with E-state index >= 15 is 0 Å². The number of imidazole rings is 2. The number of hydrogen-bond donors (Lipinski definition) is 5. The highest BCUT2D eigenvalue weighted by molar-refractivity contribution is 7.80. The number of benzene rings is 3. The highest BCUT2D eigenvalue weighted by atomic mass is 32.1. The third-order valence-electron chi connectivity index (χ3n) is 11.1. The maximum Gasteiger partial charge on any atom is 0.569 e. The topological polar surface area (TPSA) is 87.5 Å². The number of aromatic nitrogens is 4. The molecule has 5 aromatic rings. The molecule has 0 aliphatic carbocycles. The van der Waals surface area contributed by atoms with Crippen LogP contribution < -0.4 is 19.3 Å². The number of nitrogens with zero attached hydrogens (tertiary/aromatic N) is 4. The van der Waals surface area contributed by atoms with Gasteiger partial charge in [0.15, 0.2) is 22.1 Å². The fourth-order valence-corrected chi connectivity index (χ4v) is 8.48. The van der Waals surface area contributed by atoms with Crippen molar-refractivity contribution >= 4 is 67.6 Å². The van der Waals surface area contributed by atoms with Gasteiger partial charge in [-0.1, -0.05) is 120 Å². The molecule has 0 aliphatic rings. The lowest BCUT2D eigenvalue weighted by Crippen LogP contribution is -2.40. The van der Waals surface area contributed by atoms with Gasteiger partial charge in [-0.05, 0) is 67.1 Å². The molecule has 3 N–H and O–H groups in total.